The van der Waals surface area contributed by atoms with E-state index in [-0.39, 0.29) is 12.4 Å². The first kappa shape index (κ1) is 20.0. The van der Waals surface area contributed by atoms with Crippen LogP contribution < -0.4 is 10.4 Å². The van der Waals surface area contributed by atoms with Crippen molar-refractivity contribution < 1.29 is 14.3 Å². The number of hydrogen-bond acceptors (Lipinski definition) is 5. The van der Waals surface area contributed by atoms with Gasteiger partial charge in [0.2, 0.25) is 11.4 Å². The highest BCUT2D eigenvalue weighted by molar-refractivity contribution is 5.96. The molecular formula is C24H21FN4O3. The standard InChI is InChI=1S/C24H21FN4O3/c25-20-11-6-10-18(26-20)21-17-9-4-3-8-16(17)7-2-1-5-13-27-15-29(21)28-14-12-19(30)23(31)22(28)24(27)32/h1,3-6,8-12,14,21,31H,2,7,13,15H2/b5-1-. The number of amides is 1. The maximum atomic E-state index is 14.2. The van der Waals surface area contributed by atoms with Crippen molar-refractivity contribution in [3.8, 4) is 5.75 Å². The van der Waals surface area contributed by atoms with Gasteiger partial charge in [0.25, 0.3) is 5.91 Å². The Morgan fingerprint density at radius 2 is 1.88 bits per heavy atom. The molecule has 0 spiro atoms. The summed E-state index contributed by atoms with van der Waals surface area (Å²) in [6.45, 7) is 0.479. The van der Waals surface area contributed by atoms with Gasteiger partial charge in [0.15, 0.2) is 11.4 Å². The number of allylic oxidation sites excluding steroid dienone is 1. The lowest BCUT2D eigenvalue weighted by atomic mass is 9.94. The van der Waals surface area contributed by atoms with E-state index in [2.05, 4.69) is 4.98 Å². The molecule has 1 unspecified atom stereocenters. The summed E-state index contributed by atoms with van der Waals surface area (Å²) < 4.78 is 15.7. The maximum Gasteiger partial charge on any atom is 0.278 e. The van der Waals surface area contributed by atoms with Crippen LogP contribution in [0.4, 0.5) is 4.39 Å². The summed E-state index contributed by atoms with van der Waals surface area (Å²) in [6.07, 6.45) is 6.94. The molecule has 4 heterocycles. The first-order chi connectivity index (χ1) is 15.5. The molecule has 1 amide bonds. The molecule has 7 nitrogen and oxygen atoms in total. The third-order valence-corrected chi connectivity index (χ3v) is 5.87. The van der Waals surface area contributed by atoms with Crippen LogP contribution in [0.1, 0.15) is 39.8 Å². The second-order valence-corrected chi connectivity index (χ2v) is 7.83. The summed E-state index contributed by atoms with van der Waals surface area (Å²) in [5.41, 5.74) is 1.70. The van der Waals surface area contributed by atoms with Crippen molar-refractivity contribution in [2.75, 3.05) is 18.2 Å². The van der Waals surface area contributed by atoms with Gasteiger partial charge in [-0.3, -0.25) is 19.3 Å². The van der Waals surface area contributed by atoms with Gasteiger partial charge < -0.3 is 10.0 Å². The summed E-state index contributed by atoms with van der Waals surface area (Å²) in [6, 6.07) is 13.2. The number of benzene rings is 1. The average Bonchev–Trinajstić information content (AvgIpc) is 2.82. The number of aromatic nitrogens is 2. The highest BCUT2D eigenvalue weighted by Crippen LogP contribution is 2.33. The number of fused-ring (bicyclic) bond motifs is 5. The molecule has 2 bridgehead atoms. The first-order valence-electron chi connectivity index (χ1n) is 10.4. The van der Waals surface area contributed by atoms with Gasteiger partial charge in [-0.25, -0.2) is 4.98 Å². The molecule has 0 saturated carbocycles. The predicted molar refractivity (Wildman–Crippen MR) is 116 cm³/mol. The summed E-state index contributed by atoms with van der Waals surface area (Å²) >= 11 is 0. The first-order valence-corrected chi connectivity index (χ1v) is 10.4. The Morgan fingerprint density at radius 1 is 1.03 bits per heavy atom. The molecule has 2 aliphatic rings. The van der Waals surface area contributed by atoms with Crippen molar-refractivity contribution in [3.63, 3.8) is 0 Å². The van der Waals surface area contributed by atoms with Crippen LogP contribution in [0.3, 0.4) is 0 Å². The molecule has 1 N–H and O–H groups in total. The SMILES string of the molecule is O=C1c2c(O)c(=O)ccn2N2CN1C/C=C\CCc1ccccc1C2c1cccc(F)n1. The lowest BCUT2D eigenvalue weighted by Crippen LogP contribution is -2.55. The third-order valence-electron chi connectivity index (χ3n) is 5.87. The van der Waals surface area contributed by atoms with Crippen LogP contribution in [-0.2, 0) is 6.42 Å². The topological polar surface area (TPSA) is 78.7 Å². The minimum absolute atomic E-state index is 0.115. The molecule has 8 heteroatoms. The normalized spacial score (nSPS) is 19.0. The van der Waals surface area contributed by atoms with E-state index in [1.807, 2.05) is 41.4 Å². The van der Waals surface area contributed by atoms with E-state index in [4.69, 9.17) is 0 Å². The van der Waals surface area contributed by atoms with Crippen LogP contribution in [-0.4, -0.2) is 38.8 Å². The van der Waals surface area contributed by atoms with E-state index in [1.165, 1.54) is 23.0 Å². The van der Waals surface area contributed by atoms with Gasteiger partial charge in [-0.2, -0.15) is 4.39 Å². The van der Waals surface area contributed by atoms with Gasteiger partial charge in [-0.15, -0.1) is 0 Å². The zero-order valence-electron chi connectivity index (χ0n) is 17.2. The molecule has 2 aliphatic heterocycles. The van der Waals surface area contributed by atoms with Gasteiger partial charge >= 0.3 is 0 Å². The van der Waals surface area contributed by atoms with E-state index in [9.17, 15) is 19.1 Å². The van der Waals surface area contributed by atoms with Gasteiger partial charge in [0.05, 0.1) is 5.69 Å². The molecule has 3 aromatic rings. The number of aromatic hydroxyl groups is 1. The van der Waals surface area contributed by atoms with Gasteiger partial charge in [0, 0.05) is 18.8 Å². The van der Waals surface area contributed by atoms with E-state index in [0.29, 0.717) is 12.2 Å². The van der Waals surface area contributed by atoms with Crippen molar-refractivity contribution in [1.29, 1.82) is 0 Å². The number of pyridine rings is 2. The Balaban J connectivity index is 1.81. The molecule has 0 saturated heterocycles. The van der Waals surface area contributed by atoms with Gasteiger partial charge in [-0.1, -0.05) is 42.5 Å². The molecule has 0 aliphatic carbocycles. The molecule has 0 fully saturated rings. The Hall–Kier alpha value is -3.94. The number of carbonyl (C=O) groups excluding carboxylic acids is 1. The number of hydrogen-bond donors (Lipinski definition) is 1. The zero-order chi connectivity index (χ0) is 22.2. The lowest BCUT2D eigenvalue weighted by molar-refractivity contribution is 0.0700. The van der Waals surface area contributed by atoms with E-state index in [0.717, 1.165) is 24.0 Å². The van der Waals surface area contributed by atoms with Crippen molar-refractivity contribution in [1.82, 2.24) is 14.6 Å². The molecular weight excluding hydrogens is 411 g/mol. The van der Waals surface area contributed by atoms with Crippen LogP contribution in [0.25, 0.3) is 0 Å². The summed E-state index contributed by atoms with van der Waals surface area (Å²) in [4.78, 5) is 31.0. The Labute approximate surface area is 183 Å². The molecule has 32 heavy (non-hydrogen) atoms. The zero-order valence-corrected chi connectivity index (χ0v) is 17.2. The minimum atomic E-state index is -0.632. The number of carbonyl (C=O) groups is 1. The van der Waals surface area contributed by atoms with Crippen LogP contribution in [0.5, 0.6) is 5.75 Å². The molecule has 2 aromatic heterocycles. The molecule has 0 radical (unpaired) electrons. The van der Waals surface area contributed by atoms with Crippen LogP contribution >= 0.6 is 0 Å². The van der Waals surface area contributed by atoms with Crippen molar-refractivity contribution in [2.24, 2.45) is 0 Å². The third kappa shape index (κ3) is 3.33. The minimum Gasteiger partial charge on any atom is -0.502 e. The fourth-order valence-corrected chi connectivity index (χ4v) is 4.37. The monoisotopic (exact) mass is 432 g/mol. The van der Waals surface area contributed by atoms with Crippen molar-refractivity contribution >= 4 is 5.91 Å². The second-order valence-electron chi connectivity index (χ2n) is 7.83. The largest absolute Gasteiger partial charge is 0.502 e. The number of aryl methyl sites for hydroxylation is 1. The van der Waals surface area contributed by atoms with Crippen LogP contribution in [0, 0.1) is 5.95 Å². The maximum absolute atomic E-state index is 14.2. The number of rotatable bonds is 1. The predicted octanol–water partition coefficient (Wildman–Crippen LogP) is 2.73. The number of nitrogens with zero attached hydrogens (tertiary/aromatic N) is 4. The van der Waals surface area contributed by atoms with E-state index in [1.54, 1.807) is 17.0 Å². The highest BCUT2D eigenvalue weighted by atomic mass is 19.1. The van der Waals surface area contributed by atoms with Crippen LogP contribution in [0.2, 0.25) is 0 Å². The number of halogens is 1. The quantitative estimate of drug-likeness (QED) is 0.473. The Kier molecular flexibility index (Phi) is 4.97. The summed E-state index contributed by atoms with van der Waals surface area (Å²) in [7, 11) is 0. The Bertz CT molecular complexity index is 1290. The highest BCUT2D eigenvalue weighted by Gasteiger charge is 2.37. The van der Waals surface area contributed by atoms with E-state index < -0.39 is 29.1 Å². The molecule has 1 atom stereocenters. The van der Waals surface area contributed by atoms with E-state index >= 15 is 0 Å². The Morgan fingerprint density at radius 3 is 2.72 bits per heavy atom. The summed E-state index contributed by atoms with van der Waals surface area (Å²) in [5.74, 6) is -1.66. The lowest BCUT2D eigenvalue weighted by Gasteiger charge is -2.43. The molecule has 1 aromatic carbocycles. The molecule has 162 valence electrons. The second kappa shape index (κ2) is 7.96. The van der Waals surface area contributed by atoms with Gasteiger partial charge in [-0.05, 0) is 36.1 Å². The van der Waals surface area contributed by atoms with Crippen LogP contribution in [0.15, 0.2) is 71.7 Å². The molecule has 5 rings (SSSR count). The van der Waals surface area contributed by atoms with Crippen molar-refractivity contribution in [2.45, 2.75) is 18.9 Å². The average molecular weight is 432 g/mol. The fourth-order valence-electron chi connectivity index (χ4n) is 4.37. The fraction of sp³-hybridized carbons (Fsp3) is 0.208. The summed E-state index contributed by atoms with van der Waals surface area (Å²) in [5, 5.41) is 12.3. The van der Waals surface area contributed by atoms with Crippen molar-refractivity contribution in [3.05, 3.63) is 106 Å². The van der Waals surface area contributed by atoms with Gasteiger partial charge in [0.1, 0.15) is 12.7 Å². The smallest absolute Gasteiger partial charge is 0.278 e.